The van der Waals surface area contributed by atoms with Crippen molar-refractivity contribution in [1.29, 1.82) is 0 Å². The molecule has 0 atom stereocenters. The Kier molecular flexibility index (Phi) is 5.29. The second-order valence-electron chi connectivity index (χ2n) is 6.67. The van der Waals surface area contributed by atoms with Crippen molar-refractivity contribution < 1.29 is 9.59 Å². The van der Waals surface area contributed by atoms with E-state index < -0.39 is 0 Å². The van der Waals surface area contributed by atoms with Gasteiger partial charge >= 0.3 is 6.03 Å². The average Bonchev–Trinajstić information content (AvgIpc) is 3.14. The topological polar surface area (TPSA) is 125 Å². The Hall–Kier alpha value is -4.33. The van der Waals surface area contributed by atoms with Gasteiger partial charge in [0.25, 0.3) is 5.91 Å². The maximum atomic E-state index is 12.8. The minimum atomic E-state index is -0.308. The van der Waals surface area contributed by atoms with Gasteiger partial charge in [-0.1, -0.05) is 36.4 Å². The van der Waals surface area contributed by atoms with Crippen molar-refractivity contribution in [3.63, 3.8) is 0 Å². The first-order valence-electron chi connectivity index (χ1n) is 9.33. The molecule has 4 rings (SSSR count). The predicted molar refractivity (Wildman–Crippen MR) is 117 cm³/mol. The first-order valence-corrected chi connectivity index (χ1v) is 9.33. The average molecular weight is 400 g/mol. The van der Waals surface area contributed by atoms with Crippen LogP contribution in [0.4, 0.5) is 22.0 Å². The summed E-state index contributed by atoms with van der Waals surface area (Å²) in [5, 5.41) is 15.8. The Labute approximate surface area is 172 Å². The van der Waals surface area contributed by atoms with Crippen LogP contribution in [0.3, 0.4) is 0 Å². The maximum absolute atomic E-state index is 12.8. The van der Waals surface area contributed by atoms with Crippen LogP contribution in [0.15, 0.2) is 72.8 Å². The fourth-order valence-electron chi connectivity index (χ4n) is 3.12. The number of nitrogen functional groups attached to an aromatic ring is 1. The molecule has 0 aliphatic rings. The third-order valence-electron chi connectivity index (χ3n) is 4.53. The Morgan fingerprint density at radius 1 is 0.900 bits per heavy atom. The van der Waals surface area contributed by atoms with Gasteiger partial charge in [-0.3, -0.25) is 9.89 Å². The lowest BCUT2D eigenvalue weighted by atomic mass is 10.1. The van der Waals surface area contributed by atoms with Gasteiger partial charge in [0.1, 0.15) is 0 Å². The summed E-state index contributed by atoms with van der Waals surface area (Å²) in [6.45, 7) is 0.312. The quantitative estimate of drug-likeness (QED) is 0.350. The summed E-state index contributed by atoms with van der Waals surface area (Å²) in [7, 11) is 0. The van der Waals surface area contributed by atoms with Gasteiger partial charge in [0.15, 0.2) is 5.82 Å². The monoisotopic (exact) mass is 400 g/mol. The van der Waals surface area contributed by atoms with Gasteiger partial charge in [0.2, 0.25) is 0 Å². The number of fused-ring (bicyclic) bond motifs is 1. The Morgan fingerprint density at radius 3 is 2.50 bits per heavy atom. The highest BCUT2D eigenvalue weighted by Gasteiger charge is 2.14. The molecule has 1 aromatic heterocycles. The smallest absolute Gasteiger partial charge is 0.319 e. The van der Waals surface area contributed by atoms with Crippen LogP contribution in [0.1, 0.15) is 15.9 Å². The number of rotatable bonds is 5. The van der Waals surface area contributed by atoms with Gasteiger partial charge < -0.3 is 21.7 Å². The summed E-state index contributed by atoms with van der Waals surface area (Å²) in [4.78, 5) is 24.8. The zero-order valence-corrected chi connectivity index (χ0v) is 16.0. The second kappa shape index (κ2) is 8.36. The molecular formula is C22H20N6O2. The van der Waals surface area contributed by atoms with E-state index in [4.69, 9.17) is 5.73 Å². The zero-order chi connectivity index (χ0) is 20.9. The van der Waals surface area contributed by atoms with E-state index in [-0.39, 0.29) is 17.8 Å². The number of H-pyrrole nitrogens is 1. The Bertz CT molecular complexity index is 1200. The van der Waals surface area contributed by atoms with Crippen LogP contribution in [0.5, 0.6) is 0 Å². The van der Waals surface area contributed by atoms with E-state index in [2.05, 4.69) is 26.1 Å². The number of hydrogen-bond donors (Lipinski definition) is 5. The number of para-hydroxylation sites is 1. The van der Waals surface area contributed by atoms with Crippen LogP contribution in [0.25, 0.3) is 10.9 Å². The molecule has 0 unspecified atom stereocenters. The van der Waals surface area contributed by atoms with Crippen molar-refractivity contribution in [2.24, 2.45) is 0 Å². The van der Waals surface area contributed by atoms with E-state index in [9.17, 15) is 9.59 Å². The van der Waals surface area contributed by atoms with Gasteiger partial charge in [-0.25, -0.2) is 4.79 Å². The minimum Gasteiger partial charge on any atom is -0.382 e. The van der Waals surface area contributed by atoms with Crippen molar-refractivity contribution in [3.05, 3.63) is 83.9 Å². The fraction of sp³-hybridized carbons (Fsp3) is 0.0455. The molecule has 0 aliphatic carbocycles. The van der Waals surface area contributed by atoms with E-state index in [1.165, 1.54) is 0 Å². The molecule has 0 fully saturated rings. The van der Waals surface area contributed by atoms with E-state index in [0.29, 0.717) is 34.4 Å². The normalized spacial score (nSPS) is 10.5. The van der Waals surface area contributed by atoms with E-state index in [1.807, 2.05) is 48.5 Å². The standard InChI is InChI=1S/C22H20N6O2/c23-20-19-17(10-5-11-18(19)27-28-20)21(29)25-16-9-4-6-14(12-16)13-24-22(30)26-15-7-2-1-3-8-15/h1-12H,13H2,(H,25,29)(H3,23,27,28)(H2,24,26,30). The first kappa shape index (κ1) is 19.0. The number of nitrogens with zero attached hydrogens (tertiary/aromatic N) is 1. The summed E-state index contributed by atoms with van der Waals surface area (Å²) >= 11 is 0. The van der Waals surface area contributed by atoms with E-state index in [1.54, 1.807) is 24.3 Å². The van der Waals surface area contributed by atoms with Crippen LogP contribution in [-0.4, -0.2) is 22.1 Å². The van der Waals surface area contributed by atoms with Gasteiger partial charge in [-0.2, -0.15) is 5.10 Å². The molecule has 0 aliphatic heterocycles. The largest absolute Gasteiger partial charge is 0.382 e. The molecule has 0 bridgehead atoms. The molecule has 3 aromatic carbocycles. The summed E-state index contributed by atoms with van der Waals surface area (Å²) in [6, 6.07) is 21.4. The number of nitrogens with one attached hydrogen (secondary N) is 4. The van der Waals surface area contributed by atoms with Crippen molar-refractivity contribution in [2.45, 2.75) is 6.54 Å². The number of urea groups is 1. The molecular weight excluding hydrogens is 380 g/mol. The molecule has 150 valence electrons. The summed E-state index contributed by atoms with van der Waals surface area (Å²) < 4.78 is 0. The number of aromatic nitrogens is 2. The molecule has 0 spiro atoms. The molecule has 8 nitrogen and oxygen atoms in total. The molecule has 6 N–H and O–H groups in total. The predicted octanol–water partition coefficient (Wildman–Crippen LogP) is 3.72. The third-order valence-corrected chi connectivity index (χ3v) is 4.53. The van der Waals surface area contributed by atoms with Gasteiger partial charge in [0.05, 0.1) is 16.5 Å². The highest BCUT2D eigenvalue weighted by atomic mass is 16.2. The number of anilines is 3. The number of hydrogen-bond acceptors (Lipinski definition) is 4. The lowest BCUT2D eigenvalue weighted by Crippen LogP contribution is -2.28. The number of carbonyl (C=O) groups excluding carboxylic acids is 2. The highest BCUT2D eigenvalue weighted by Crippen LogP contribution is 2.23. The minimum absolute atomic E-state index is 0.276. The molecule has 0 saturated heterocycles. The van der Waals surface area contributed by atoms with Gasteiger partial charge in [0, 0.05) is 17.9 Å². The number of carbonyl (C=O) groups is 2. The Balaban J connectivity index is 1.41. The molecule has 0 radical (unpaired) electrons. The van der Waals surface area contributed by atoms with Crippen molar-refractivity contribution in [3.8, 4) is 0 Å². The van der Waals surface area contributed by atoms with Crippen LogP contribution in [0.2, 0.25) is 0 Å². The van der Waals surface area contributed by atoms with Crippen LogP contribution < -0.4 is 21.7 Å². The molecule has 1 heterocycles. The second-order valence-corrected chi connectivity index (χ2v) is 6.67. The van der Waals surface area contributed by atoms with Crippen LogP contribution >= 0.6 is 0 Å². The lowest BCUT2D eigenvalue weighted by molar-refractivity contribution is 0.102. The number of nitrogens with two attached hydrogens (primary N) is 1. The van der Waals surface area contributed by atoms with Gasteiger partial charge in [-0.05, 0) is 42.0 Å². The number of amides is 3. The number of aromatic amines is 1. The SMILES string of the molecule is Nc1n[nH]c2cccc(C(=O)Nc3cccc(CNC(=O)Nc4ccccc4)c3)c12. The van der Waals surface area contributed by atoms with Crippen LogP contribution in [-0.2, 0) is 6.54 Å². The summed E-state index contributed by atoms with van der Waals surface area (Å²) in [6.07, 6.45) is 0. The molecule has 3 amide bonds. The third kappa shape index (κ3) is 4.22. The zero-order valence-electron chi connectivity index (χ0n) is 16.0. The molecule has 8 heteroatoms. The Morgan fingerprint density at radius 2 is 1.67 bits per heavy atom. The summed E-state index contributed by atoms with van der Waals surface area (Å²) in [5.74, 6) is -0.0150. The summed E-state index contributed by atoms with van der Waals surface area (Å²) in [5.41, 5.74) is 9.19. The fourth-order valence-corrected chi connectivity index (χ4v) is 3.12. The van der Waals surface area contributed by atoms with Gasteiger partial charge in [-0.15, -0.1) is 0 Å². The van der Waals surface area contributed by atoms with Crippen molar-refractivity contribution in [1.82, 2.24) is 15.5 Å². The number of benzene rings is 3. The van der Waals surface area contributed by atoms with E-state index in [0.717, 1.165) is 5.56 Å². The highest BCUT2D eigenvalue weighted by molar-refractivity contribution is 6.14. The van der Waals surface area contributed by atoms with E-state index >= 15 is 0 Å². The lowest BCUT2D eigenvalue weighted by Gasteiger charge is -2.10. The molecule has 0 saturated carbocycles. The van der Waals surface area contributed by atoms with Crippen LogP contribution in [0, 0.1) is 0 Å². The molecule has 4 aromatic rings. The van der Waals surface area contributed by atoms with Crippen molar-refractivity contribution >= 4 is 40.0 Å². The maximum Gasteiger partial charge on any atom is 0.319 e. The first-order chi connectivity index (χ1) is 14.6. The molecule has 30 heavy (non-hydrogen) atoms. The van der Waals surface area contributed by atoms with Crippen molar-refractivity contribution in [2.75, 3.05) is 16.4 Å².